The van der Waals surface area contributed by atoms with Crippen LogP contribution in [-0.2, 0) is 11.3 Å². The third-order valence-electron chi connectivity index (χ3n) is 4.08. The Balaban J connectivity index is 1.82. The fraction of sp³-hybridized carbons (Fsp3) is 0.588. The topological polar surface area (TPSA) is 58.4 Å². The van der Waals surface area contributed by atoms with Gasteiger partial charge < -0.3 is 11.1 Å². The summed E-state index contributed by atoms with van der Waals surface area (Å²) in [4.78, 5) is 14.5. The van der Waals surface area contributed by atoms with E-state index in [0.717, 1.165) is 26.1 Å². The van der Waals surface area contributed by atoms with Crippen molar-refractivity contribution in [1.29, 1.82) is 0 Å². The molecule has 21 heavy (non-hydrogen) atoms. The molecule has 1 saturated heterocycles. The lowest BCUT2D eigenvalue weighted by atomic mass is 9.87. The van der Waals surface area contributed by atoms with Crippen molar-refractivity contribution < 1.29 is 4.79 Å². The number of nitrogens with two attached hydrogens (primary N) is 1. The van der Waals surface area contributed by atoms with Crippen LogP contribution in [0.3, 0.4) is 0 Å². The molecule has 1 aromatic carbocycles. The van der Waals surface area contributed by atoms with E-state index in [1.54, 1.807) is 0 Å². The summed E-state index contributed by atoms with van der Waals surface area (Å²) in [5, 5.41) is 3.10. The molecule has 2 rings (SSSR count). The fourth-order valence-electron chi connectivity index (χ4n) is 2.62. The first-order chi connectivity index (χ1) is 9.86. The van der Waals surface area contributed by atoms with Gasteiger partial charge in [0.1, 0.15) is 0 Å². The lowest BCUT2D eigenvalue weighted by molar-refractivity contribution is -0.125. The lowest BCUT2D eigenvalue weighted by Crippen LogP contribution is -2.51. The second-order valence-electron chi connectivity index (χ2n) is 7.06. The Morgan fingerprint density at radius 1 is 1.38 bits per heavy atom. The van der Waals surface area contributed by atoms with Crippen molar-refractivity contribution in [2.75, 3.05) is 13.1 Å². The van der Waals surface area contributed by atoms with E-state index < -0.39 is 6.04 Å². The van der Waals surface area contributed by atoms with Gasteiger partial charge in [-0.2, -0.15) is 0 Å². The molecule has 0 saturated carbocycles. The predicted octanol–water partition coefficient (Wildman–Crippen LogP) is 1.75. The molecule has 2 atom stereocenters. The van der Waals surface area contributed by atoms with Crippen LogP contribution in [0.1, 0.15) is 32.8 Å². The van der Waals surface area contributed by atoms with Crippen molar-refractivity contribution in [3.8, 4) is 0 Å². The van der Waals surface area contributed by atoms with Crippen molar-refractivity contribution >= 4 is 5.91 Å². The molecule has 1 amide bonds. The van der Waals surface area contributed by atoms with Crippen molar-refractivity contribution in [3.05, 3.63) is 35.9 Å². The molecule has 0 bridgehead atoms. The number of benzene rings is 1. The van der Waals surface area contributed by atoms with Crippen LogP contribution < -0.4 is 11.1 Å². The molecule has 0 unspecified atom stereocenters. The zero-order valence-corrected chi connectivity index (χ0v) is 13.3. The lowest BCUT2D eigenvalue weighted by Gasteiger charge is -2.27. The minimum Gasteiger partial charge on any atom is -0.351 e. The number of carbonyl (C=O) groups excluding carboxylic acids is 1. The van der Waals surface area contributed by atoms with Gasteiger partial charge in [-0.25, -0.2) is 0 Å². The van der Waals surface area contributed by atoms with E-state index in [9.17, 15) is 4.79 Å². The van der Waals surface area contributed by atoms with Crippen LogP contribution in [0.2, 0.25) is 0 Å². The highest BCUT2D eigenvalue weighted by Gasteiger charge is 2.30. The number of rotatable bonds is 4. The molecule has 1 heterocycles. The van der Waals surface area contributed by atoms with Gasteiger partial charge in [0.2, 0.25) is 5.91 Å². The van der Waals surface area contributed by atoms with Crippen LogP contribution >= 0.6 is 0 Å². The van der Waals surface area contributed by atoms with E-state index in [1.807, 2.05) is 26.8 Å². The highest BCUT2D eigenvalue weighted by Crippen LogP contribution is 2.18. The van der Waals surface area contributed by atoms with E-state index in [-0.39, 0.29) is 17.4 Å². The van der Waals surface area contributed by atoms with Crippen LogP contribution in [0.15, 0.2) is 30.3 Å². The second kappa shape index (κ2) is 6.58. The quantitative estimate of drug-likeness (QED) is 0.888. The normalized spacial score (nSPS) is 21.2. The fourth-order valence-corrected chi connectivity index (χ4v) is 2.62. The first-order valence-corrected chi connectivity index (χ1v) is 7.68. The number of hydrogen-bond donors (Lipinski definition) is 2. The van der Waals surface area contributed by atoms with Crippen LogP contribution in [0.5, 0.6) is 0 Å². The maximum Gasteiger partial charge on any atom is 0.237 e. The largest absolute Gasteiger partial charge is 0.351 e. The van der Waals surface area contributed by atoms with Gasteiger partial charge in [0, 0.05) is 25.7 Å². The molecule has 0 radical (unpaired) electrons. The predicted molar refractivity (Wildman–Crippen MR) is 85.7 cm³/mol. The molecular weight excluding hydrogens is 262 g/mol. The van der Waals surface area contributed by atoms with Gasteiger partial charge in [-0.3, -0.25) is 9.69 Å². The minimum atomic E-state index is -0.458. The minimum absolute atomic E-state index is 0.0333. The second-order valence-corrected chi connectivity index (χ2v) is 7.06. The van der Waals surface area contributed by atoms with E-state index in [2.05, 4.69) is 34.5 Å². The summed E-state index contributed by atoms with van der Waals surface area (Å²) in [6.45, 7) is 8.84. The van der Waals surface area contributed by atoms with Crippen molar-refractivity contribution in [2.24, 2.45) is 11.1 Å². The zero-order chi connectivity index (χ0) is 15.5. The molecule has 0 aromatic heterocycles. The Hall–Kier alpha value is -1.39. The standard InChI is InChI=1S/C17H27N3O/c1-17(2,3)15(18)16(21)19-14-9-10-20(12-14)11-13-7-5-4-6-8-13/h4-8,14-15H,9-12,18H2,1-3H3,(H,19,21)/t14-,15-/m1/s1. The zero-order valence-electron chi connectivity index (χ0n) is 13.3. The highest BCUT2D eigenvalue weighted by molar-refractivity contribution is 5.82. The smallest absolute Gasteiger partial charge is 0.237 e. The van der Waals surface area contributed by atoms with Gasteiger partial charge in [-0.1, -0.05) is 51.1 Å². The summed E-state index contributed by atoms with van der Waals surface area (Å²) in [5.74, 6) is -0.0333. The van der Waals surface area contributed by atoms with Crippen LogP contribution in [-0.4, -0.2) is 36.0 Å². The number of nitrogens with zero attached hydrogens (tertiary/aromatic N) is 1. The molecule has 1 aromatic rings. The van der Waals surface area contributed by atoms with Gasteiger partial charge in [0.25, 0.3) is 0 Å². The Morgan fingerprint density at radius 2 is 2.05 bits per heavy atom. The van der Waals surface area contributed by atoms with Gasteiger partial charge >= 0.3 is 0 Å². The van der Waals surface area contributed by atoms with Crippen LogP contribution in [0.4, 0.5) is 0 Å². The third-order valence-corrected chi connectivity index (χ3v) is 4.08. The molecule has 1 aliphatic heterocycles. The highest BCUT2D eigenvalue weighted by atomic mass is 16.2. The van der Waals surface area contributed by atoms with E-state index in [1.165, 1.54) is 5.56 Å². The first kappa shape index (κ1) is 16.0. The maximum absolute atomic E-state index is 12.2. The van der Waals surface area contributed by atoms with Crippen LogP contribution in [0, 0.1) is 5.41 Å². The third kappa shape index (κ3) is 4.55. The molecule has 4 nitrogen and oxygen atoms in total. The molecule has 4 heteroatoms. The van der Waals surface area contributed by atoms with Gasteiger partial charge in [0.15, 0.2) is 0 Å². The number of carbonyl (C=O) groups is 1. The SMILES string of the molecule is CC(C)(C)[C@H](N)C(=O)N[C@@H]1CCN(Cc2ccccc2)C1. The summed E-state index contributed by atoms with van der Waals surface area (Å²) >= 11 is 0. The molecular formula is C17H27N3O. The summed E-state index contributed by atoms with van der Waals surface area (Å²) in [5.41, 5.74) is 7.12. The summed E-state index contributed by atoms with van der Waals surface area (Å²) in [6, 6.07) is 10.2. The van der Waals surface area contributed by atoms with Crippen molar-refractivity contribution in [3.63, 3.8) is 0 Å². The van der Waals surface area contributed by atoms with Gasteiger partial charge in [0.05, 0.1) is 6.04 Å². The van der Waals surface area contributed by atoms with Crippen molar-refractivity contribution in [2.45, 2.75) is 45.8 Å². The van der Waals surface area contributed by atoms with Crippen LogP contribution in [0.25, 0.3) is 0 Å². The Labute approximate surface area is 127 Å². The Bertz CT molecular complexity index is 467. The number of nitrogens with one attached hydrogen (secondary N) is 1. The number of likely N-dealkylation sites (tertiary alicyclic amines) is 1. The summed E-state index contributed by atoms with van der Waals surface area (Å²) in [7, 11) is 0. The first-order valence-electron chi connectivity index (χ1n) is 7.68. The summed E-state index contributed by atoms with van der Waals surface area (Å²) < 4.78 is 0. The van der Waals surface area contributed by atoms with Crippen molar-refractivity contribution in [1.82, 2.24) is 10.2 Å². The Morgan fingerprint density at radius 3 is 2.67 bits per heavy atom. The van der Waals surface area contributed by atoms with Gasteiger partial charge in [-0.05, 0) is 17.4 Å². The molecule has 0 spiro atoms. The van der Waals surface area contributed by atoms with E-state index in [4.69, 9.17) is 5.73 Å². The average molecular weight is 289 g/mol. The van der Waals surface area contributed by atoms with Gasteiger partial charge in [-0.15, -0.1) is 0 Å². The molecule has 1 aliphatic rings. The maximum atomic E-state index is 12.2. The molecule has 116 valence electrons. The average Bonchev–Trinajstić information content (AvgIpc) is 2.85. The monoisotopic (exact) mass is 289 g/mol. The molecule has 0 aliphatic carbocycles. The number of amides is 1. The number of hydrogen-bond acceptors (Lipinski definition) is 3. The summed E-state index contributed by atoms with van der Waals surface area (Å²) in [6.07, 6.45) is 0.995. The van der Waals surface area contributed by atoms with E-state index in [0.29, 0.717) is 0 Å². The Kier molecular flexibility index (Phi) is 5.01. The molecule has 3 N–H and O–H groups in total. The van der Waals surface area contributed by atoms with E-state index >= 15 is 0 Å². The molecule has 1 fully saturated rings.